The summed E-state index contributed by atoms with van der Waals surface area (Å²) < 4.78 is 1.45. The van der Waals surface area contributed by atoms with Crippen molar-refractivity contribution in [2.75, 3.05) is 7.05 Å². The van der Waals surface area contributed by atoms with Crippen LogP contribution in [-0.4, -0.2) is 17.9 Å². The number of hydrogen-bond acceptors (Lipinski definition) is 1. The van der Waals surface area contributed by atoms with E-state index >= 15 is 0 Å². The van der Waals surface area contributed by atoms with E-state index in [0.717, 1.165) is 16.6 Å². The van der Waals surface area contributed by atoms with Crippen molar-refractivity contribution in [2.45, 2.75) is 13.3 Å². The van der Waals surface area contributed by atoms with E-state index in [0.29, 0.717) is 4.48 Å². The smallest absolute Gasteiger partial charge is 0.266 e. The van der Waals surface area contributed by atoms with Gasteiger partial charge in [-0.1, -0.05) is 13.0 Å². The van der Waals surface area contributed by atoms with Gasteiger partial charge >= 0.3 is 0 Å². The van der Waals surface area contributed by atoms with Gasteiger partial charge in [-0.25, -0.2) is 0 Å². The van der Waals surface area contributed by atoms with E-state index in [1.807, 2.05) is 13.0 Å². The van der Waals surface area contributed by atoms with E-state index in [1.165, 1.54) is 0 Å². The molecule has 0 spiro atoms. The zero-order valence-corrected chi connectivity index (χ0v) is 10.1. The van der Waals surface area contributed by atoms with Crippen LogP contribution in [0, 0.1) is 0 Å². The molecule has 0 atom stereocenters. The van der Waals surface area contributed by atoms with Crippen molar-refractivity contribution in [1.29, 1.82) is 0 Å². The second-order valence-electron chi connectivity index (χ2n) is 2.49. The van der Waals surface area contributed by atoms with Crippen LogP contribution in [0.25, 0.3) is 0 Å². The number of rotatable bonds is 1. The lowest BCUT2D eigenvalue weighted by Gasteiger charge is -2.10. The number of carbonyl (C=O) groups excluding carboxylic acids is 1. The summed E-state index contributed by atoms with van der Waals surface area (Å²) in [5.74, 6) is 0.00146. The molecule has 0 N–H and O–H groups in total. The molecule has 0 aliphatic carbocycles. The van der Waals surface area contributed by atoms with Gasteiger partial charge in [0.05, 0.1) is 14.7 Å². The Morgan fingerprint density at radius 1 is 1.42 bits per heavy atom. The molecule has 66 valence electrons. The lowest BCUT2D eigenvalue weighted by Crippen LogP contribution is -2.19. The highest BCUT2D eigenvalue weighted by Crippen LogP contribution is 2.35. The second-order valence-corrected chi connectivity index (χ2v) is 4.08. The highest BCUT2D eigenvalue weighted by molar-refractivity contribution is 9.14. The van der Waals surface area contributed by atoms with Crippen molar-refractivity contribution in [2.24, 2.45) is 0 Å². The van der Waals surface area contributed by atoms with Crippen molar-refractivity contribution < 1.29 is 4.79 Å². The summed E-state index contributed by atoms with van der Waals surface area (Å²) in [5.41, 5.74) is 0.939. The van der Waals surface area contributed by atoms with Gasteiger partial charge < -0.3 is 4.90 Å². The predicted octanol–water partition coefficient (Wildman–Crippen LogP) is 2.75. The Morgan fingerprint density at radius 3 is 2.33 bits per heavy atom. The molecule has 0 saturated carbocycles. The van der Waals surface area contributed by atoms with Gasteiger partial charge in [0.1, 0.15) is 0 Å². The first-order valence-electron chi connectivity index (χ1n) is 3.63. The van der Waals surface area contributed by atoms with E-state index in [2.05, 4.69) is 31.9 Å². The topological polar surface area (TPSA) is 20.3 Å². The number of halogens is 2. The van der Waals surface area contributed by atoms with E-state index < -0.39 is 0 Å². The zero-order valence-electron chi connectivity index (χ0n) is 6.90. The molecular formula is C8H9Br2NO. The molecule has 0 fully saturated rings. The molecule has 0 saturated heterocycles. The van der Waals surface area contributed by atoms with E-state index in [9.17, 15) is 4.79 Å². The number of likely N-dealkylation sites (N-methyl/N-ethyl adjacent to an activating group) is 1. The van der Waals surface area contributed by atoms with Gasteiger partial charge in [-0.05, 0) is 38.3 Å². The van der Waals surface area contributed by atoms with Crippen molar-refractivity contribution in [3.63, 3.8) is 0 Å². The molecule has 1 aliphatic rings. The summed E-state index contributed by atoms with van der Waals surface area (Å²) in [5, 5.41) is 0. The Bertz CT molecular complexity index is 281. The molecule has 0 aromatic rings. The first kappa shape index (κ1) is 9.99. The average Bonchev–Trinajstić information content (AvgIpc) is 2.23. The van der Waals surface area contributed by atoms with Crippen molar-refractivity contribution in [1.82, 2.24) is 4.90 Å². The number of allylic oxidation sites excluding steroid dienone is 2. The first-order chi connectivity index (χ1) is 5.59. The van der Waals surface area contributed by atoms with E-state index in [4.69, 9.17) is 0 Å². The third-order valence-corrected chi connectivity index (χ3v) is 3.74. The molecular weight excluding hydrogens is 286 g/mol. The lowest BCUT2D eigenvalue weighted by atomic mass is 10.3. The second kappa shape index (κ2) is 3.75. The highest BCUT2D eigenvalue weighted by atomic mass is 79.9. The van der Waals surface area contributed by atoms with Crippen LogP contribution in [0.5, 0.6) is 0 Å². The Kier molecular flexibility index (Phi) is 3.12. The van der Waals surface area contributed by atoms with E-state index in [1.54, 1.807) is 11.9 Å². The van der Waals surface area contributed by atoms with Gasteiger partial charge in [-0.15, -0.1) is 0 Å². The summed E-state index contributed by atoms with van der Waals surface area (Å²) in [6.45, 7) is 2.04. The van der Waals surface area contributed by atoms with Crippen LogP contribution >= 0.6 is 31.9 Å². The number of nitrogens with zero attached hydrogens (tertiary/aromatic N) is 1. The Balaban J connectivity index is 3.08. The molecule has 12 heavy (non-hydrogen) atoms. The molecule has 0 radical (unpaired) electrons. The summed E-state index contributed by atoms with van der Waals surface area (Å²) in [6, 6.07) is 0. The lowest BCUT2D eigenvalue weighted by molar-refractivity contribution is -0.122. The predicted molar refractivity (Wildman–Crippen MR) is 56.0 cm³/mol. The molecule has 1 rings (SSSR count). The summed E-state index contributed by atoms with van der Waals surface area (Å²) in [6.07, 6.45) is 2.93. The van der Waals surface area contributed by atoms with E-state index in [-0.39, 0.29) is 5.91 Å². The van der Waals surface area contributed by atoms with Gasteiger partial charge in [0.2, 0.25) is 0 Å². The first-order valence-corrected chi connectivity index (χ1v) is 5.22. The molecule has 0 aromatic heterocycles. The van der Waals surface area contributed by atoms with Crippen LogP contribution in [0.4, 0.5) is 0 Å². The van der Waals surface area contributed by atoms with Gasteiger partial charge in [0.15, 0.2) is 0 Å². The largest absolute Gasteiger partial charge is 0.310 e. The minimum atomic E-state index is 0.00146. The quantitative estimate of drug-likeness (QED) is 0.728. The van der Waals surface area contributed by atoms with Gasteiger partial charge in [-0.2, -0.15) is 0 Å². The standard InChI is InChI=1S/C8H9Br2NO/c1-3-4-5-6(9)7(10)8(12)11(5)2/h4H,3H2,1-2H3/b5-4+. The fourth-order valence-corrected chi connectivity index (χ4v) is 2.10. The van der Waals surface area contributed by atoms with Gasteiger partial charge in [0.25, 0.3) is 5.91 Å². The summed E-state index contributed by atoms with van der Waals surface area (Å²) >= 11 is 6.57. The number of hydrogen-bond donors (Lipinski definition) is 0. The molecule has 1 heterocycles. The molecule has 1 amide bonds. The van der Waals surface area contributed by atoms with Crippen molar-refractivity contribution in [3.05, 3.63) is 20.7 Å². The molecule has 0 bridgehead atoms. The molecule has 0 aromatic carbocycles. The zero-order chi connectivity index (χ0) is 9.30. The van der Waals surface area contributed by atoms with Gasteiger partial charge in [-0.3, -0.25) is 4.79 Å². The monoisotopic (exact) mass is 293 g/mol. The maximum Gasteiger partial charge on any atom is 0.266 e. The van der Waals surface area contributed by atoms with Crippen LogP contribution in [-0.2, 0) is 4.79 Å². The van der Waals surface area contributed by atoms with Gasteiger partial charge in [0, 0.05) is 7.05 Å². The SMILES string of the molecule is CC/C=C1\C(Br)=C(Br)C(=O)N1C. The average molecular weight is 295 g/mol. The number of amides is 1. The van der Waals surface area contributed by atoms with Crippen LogP contribution in [0.15, 0.2) is 20.7 Å². The Labute approximate surface area is 88.6 Å². The Hall–Kier alpha value is -0.0900. The minimum Gasteiger partial charge on any atom is -0.310 e. The van der Waals surface area contributed by atoms with Crippen LogP contribution < -0.4 is 0 Å². The highest BCUT2D eigenvalue weighted by Gasteiger charge is 2.28. The van der Waals surface area contributed by atoms with Crippen molar-refractivity contribution >= 4 is 37.8 Å². The van der Waals surface area contributed by atoms with Crippen LogP contribution in [0.1, 0.15) is 13.3 Å². The third kappa shape index (κ3) is 1.50. The minimum absolute atomic E-state index is 0.00146. The molecule has 1 aliphatic heterocycles. The van der Waals surface area contributed by atoms with Crippen LogP contribution in [0.3, 0.4) is 0 Å². The van der Waals surface area contributed by atoms with Crippen LogP contribution in [0.2, 0.25) is 0 Å². The maximum absolute atomic E-state index is 11.4. The number of carbonyl (C=O) groups is 1. The maximum atomic E-state index is 11.4. The summed E-state index contributed by atoms with van der Waals surface area (Å²) in [7, 11) is 1.76. The molecule has 0 unspecified atom stereocenters. The fraction of sp³-hybridized carbons (Fsp3) is 0.375. The molecule has 2 nitrogen and oxygen atoms in total. The van der Waals surface area contributed by atoms with Crippen molar-refractivity contribution in [3.8, 4) is 0 Å². The Morgan fingerprint density at radius 2 is 2.00 bits per heavy atom. The summed E-state index contributed by atoms with van der Waals surface area (Å²) in [4.78, 5) is 13.0. The normalized spacial score (nSPS) is 21.5. The fourth-order valence-electron chi connectivity index (χ4n) is 1.03. The third-order valence-electron chi connectivity index (χ3n) is 1.67. The molecule has 4 heteroatoms.